The summed E-state index contributed by atoms with van der Waals surface area (Å²) in [6, 6.07) is 14.3. The van der Waals surface area contributed by atoms with Crippen molar-refractivity contribution in [3.8, 4) is 0 Å². The fourth-order valence-electron chi connectivity index (χ4n) is 1.69. The van der Waals surface area contributed by atoms with Gasteiger partial charge in [-0.3, -0.25) is 4.79 Å². The SMILES string of the molecule is CC(SCc1ccc(Br)cc1F)C(=O)Nc1ccccc1. The zero-order chi connectivity index (χ0) is 15.2. The van der Waals surface area contributed by atoms with Crippen LogP contribution in [0.3, 0.4) is 0 Å². The van der Waals surface area contributed by atoms with Gasteiger partial charge in [-0.15, -0.1) is 11.8 Å². The first-order valence-electron chi connectivity index (χ1n) is 6.47. The van der Waals surface area contributed by atoms with Crippen molar-refractivity contribution in [1.29, 1.82) is 0 Å². The average molecular weight is 368 g/mol. The molecule has 21 heavy (non-hydrogen) atoms. The molecule has 1 amide bonds. The Morgan fingerprint density at radius 2 is 2.00 bits per heavy atom. The highest BCUT2D eigenvalue weighted by atomic mass is 79.9. The number of anilines is 1. The van der Waals surface area contributed by atoms with Gasteiger partial charge in [-0.05, 0) is 36.8 Å². The number of nitrogens with one attached hydrogen (secondary N) is 1. The highest BCUT2D eigenvalue weighted by Crippen LogP contribution is 2.23. The molecule has 0 heterocycles. The third kappa shape index (κ3) is 4.86. The maximum atomic E-state index is 13.7. The molecule has 1 unspecified atom stereocenters. The molecule has 0 bridgehead atoms. The van der Waals surface area contributed by atoms with Gasteiger partial charge in [0.05, 0.1) is 5.25 Å². The molecule has 0 radical (unpaired) electrons. The zero-order valence-electron chi connectivity index (χ0n) is 11.5. The van der Waals surface area contributed by atoms with E-state index in [-0.39, 0.29) is 17.0 Å². The number of carbonyl (C=O) groups is 1. The topological polar surface area (TPSA) is 29.1 Å². The molecule has 0 aliphatic heterocycles. The van der Waals surface area contributed by atoms with E-state index in [0.29, 0.717) is 15.8 Å². The molecule has 0 aliphatic carbocycles. The average Bonchev–Trinajstić information content (AvgIpc) is 2.47. The summed E-state index contributed by atoms with van der Waals surface area (Å²) in [5.41, 5.74) is 1.37. The lowest BCUT2D eigenvalue weighted by atomic mass is 10.2. The van der Waals surface area contributed by atoms with Crippen LogP contribution in [0.4, 0.5) is 10.1 Å². The summed E-state index contributed by atoms with van der Waals surface area (Å²) in [6.45, 7) is 1.82. The van der Waals surface area contributed by atoms with E-state index in [1.54, 1.807) is 12.1 Å². The summed E-state index contributed by atoms with van der Waals surface area (Å²) in [4.78, 5) is 12.0. The molecule has 0 saturated heterocycles. The Kier molecular flexibility index (Phi) is 5.82. The molecule has 2 nitrogen and oxygen atoms in total. The minimum absolute atomic E-state index is 0.0799. The highest BCUT2D eigenvalue weighted by molar-refractivity contribution is 9.10. The Morgan fingerprint density at radius 1 is 1.29 bits per heavy atom. The molecule has 0 aliphatic rings. The van der Waals surface area contributed by atoms with E-state index in [2.05, 4.69) is 21.2 Å². The summed E-state index contributed by atoms with van der Waals surface area (Å²) in [6.07, 6.45) is 0. The van der Waals surface area contributed by atoms with Crippen LogP contribution in [-0.2, 0) is 10.5 Å². The van der Waals surface area contributed by atoms with Crippen molar-refractivity contribution < 1.29 is 9.18 Å². The second-order valence-corrected chi connectivity index (χ2v) is 6.79. The van der Waals surface area contributed by atoms with Crippen LogP contribution >= 0.6 is 27.7 Å². The van der Waals surface area contributed by atoms with Crippen LogP contribution < -0.4 is 5.32 Å². The number of rotatable bonds is 5. The number of amides is 1. The van der Waals surface area contributed by atoms with Crippen molar-refractivity contribution in [3.63, 3.8) is 0 Å². The largest absolute Gasteiger partial charge is 0.325 e. The molecule has 2 aromatic rings. The molecule has 0 saturated carbocycles. The summed E-state index contributed by atoms with van der Waals surface area (Å²) in [5, 5.41) is 2.58. The second kappa shape index (κ2) is 7.61. The van der Waals surface area contributed by atoms with Gasteiger partial charge in [0.1, 0.15) is 5.82 Å². The predicted molar refractivity (Wildman–Crippen MR) is 89.9 cm³/mol. The number of halogens is 2. The first kappa shape index (κ1) is 16.0. The third-order valence-corrected chi connectivity index (χ3v) is 4.60. The van der Waals surface area contributed by atoms with Gasteiger partial charge in [0.2, 0.25) is 5.91 Å². The molecule has 0 spiro atoms. The molecule has 0 aromatic heterocycles. The number of hydrogen-bond donors (Lipinski definition) is 1. The third-order valence-electron chi connectivity index (χ3n) is 2.91. The molecule has 1 atom stereocenters. The van der Waals surface area contributed by atoms with E-state index in [1.807, 2.05) is 37.3 Å². The molecule has 0 fully saturated rings. The van der Waals surface area contributed by atoms with Crippen molar-refractivity contribution in [2.75, 3.05) is 5.32 Å². The summed E-state index contributed by atoms with van der Waals surface area (Å²) in [7, 11) is 0. The quantitative estimate of drug-likeness (QED) is 0.818. The van der Waals surface area contributed by atoms with Crippen LogP contribution in [0.15, 0.2) is 53.0 Å². The van der Waals surface area contributed by atoms with E-state index < -0.39 is 0 Å². The maximum absolute atomic E-state index is 13.7. The first-order chi connectivity index (χ1) is 10.1. The molecule has 2 rings (SSSR count). The summed E-state index contributed by atoms with van der Waals surface area (Å²) < 4.78 is 14.4. The van der Waals surface area contributed by atoms with Crippen LogP contribution in [0.2, 0.25) is 0 Å². The fourth-order valence-corrected chi connectivity index (χ4v) is 2.90. The number of hydrogen-bond acceptors (Lipinski definition) is 2. The number of para-hydroxylation sites is 1. The lowest BCUT2D eigenvalue weighted by Gasteiger charge is -2.12. The van der Waals surface area contributed by atoms with Crippen molar-refractivity contribution in [2.24, 2.45) is 0 Å². The number of benzene rings is 2. The lowest BCUT2D eigenvalue weighted by molar-refractivity contribution is -0.115. The molecule has 5 heteroatoms. The van der Waals surface area contributed by atoms with Crippen LogP contribution in [0.5, 0.6) is 0 Å². The van der Waals surface area contributed by atoms with Crippen molar-refractivity contribution >= 4 is 39.3 Å². The van der Waals surface area contributed by atoms with Gasteiger partial charge in [0, 0.05) is 15.9 Å². The Labute approximate surface area is 136 Å². The van der Waals surface area contributed by atoms with Gasteiger partial charge >= 0.3 is 0 Å². The first-order valence-corrected chi connectivity index (χ1v) is 8.32. The van der Waals surface area contributed by atoms with Crippen LogP contribution in [0.25, 0.3) is 0 Å². The van der Waals surface area contributed by atoms with Gasteiger partial charge in [-0.25, -0.2) is 4.39 Å². The number of thioether (sulfide) groups is 1. The maximum Gasteiger partial charge on any atom is 0.237 e. The molecule has 110 valence electrons. The molecule has 2 aromatic carbocycles. The van der Waals surface area contributed by atoms with E-state index in [4.69, 9.17) is 0 Å². The van der Waals surface area contributed by atoms with Crippen LogP contribution in [-0.4, -0.2) is 11.2 Å². The van der Waals surface area contributed by atoms with Gasteiger partial charge in [0.15, 0.2) is 0 Å². The van der Waals surface area contributed by atoms with Gasteiger partial charge in [-0.1, -0.05) is 40.2 Å². The Bertz CT molecular complexity index is 621. The van der Waals surface area contributed by atoms with Crippen molar-refractivity contribution in [3.05, 3.63) is 64.4 Å². The smallest absolute Gasteiger partial charge is 0.237 e. The second-order valence-electron chi connectivity index (χ2n) is 4.54. The van der Waals surface area contributed by atoms with Gasteiger partial charge < -0.3 is 5.32 Å². The standard InChI is InChI=1S/C16H15BrFNOS/c1-11(16(20)19-14-5-3-2-4-6-14)21-10-12-7-8-13(17)9-15(12)18/h2-9,11H,10H2,1H3,(H,19,20). The van der Waals surface area contributed by atoms with E-state index >= 15 is 0 Å². The van der Waals surface area contributed by atoms with Crippen molar-refractivity contribution in [1.82, 2.24) is 0 Å². The van der Waals surface area contributed by atoms with Crippen molar-refractivity contribution in [2.45, 2.75) is 17.9 Å². The normalized spacial score (nSPS) is 12.0. The minimum Gasteiger partial charge on any atom is -0.325 e. The molecule has 1 N–H and O–H groups in total. The Hall–Kier alpha value is -1.33. The Balaban J connectivity index is 1.89. The zero-order valence-corrected chi connectivity index (χ0v) is 13.9. The summed E-state index contributed by atoms with van der Waals surface area (Å²) in [5.74, 6) is 0.124. The van der Waals surface area contributed by atoms with E-state index in [0.717, 1.165) is 5.69 Å². The van der Waals surface area contributed by atoms with Crippen LogP contribution in [0, 0.1) is 5.82 Å². The summed E-state index contributed by atoms with van der Waals surface area (Å²) >= 11 is 4.64. The van der Waals surface area contributed by atoms with E-state index in [9.17, 15) is 9.18 Å². The van der Waals surface area contributed by atoms with Gasteiger partial charge in [-0.2, -0.15) is 0 Å². The Morgan fingerprint density at radius 3 is 2.67 bits per heavy atom. The van der Waals surface area contributed by atoms with E-state index in [1.165, 1.54) is 17.8 Å². The molecular formula is C16H15BrFNOS. The lowest BCUT2D eigenvalue weighted by Crippen LogP contribution is -2.22. The molecular weight excluding hydrogens is 353 g/mol. The monoisotopic (exact) mass is 367 g/mol. The number of carbonyl (C=O) groups excluding carboxylic acids is 1. The highest BCUT2D eigenvalue weighted by Gasteiger charge is 2.14. The fraction of sp³-hybridized carbons (Fsp3) is 0.188. The predicted octanol–water partition coefficient (Wildman–Crippen LogP) is 4.85. The van der Waals surface area contributed by atoms with Gasteiger partial charge in [0.25, 0.3) is 0 Å². The van der Waals surface area contributed by atoms with Crippen LogP contribution in [0.1, 0.15) is 12.5 Å². The minimum atomic E-state index is -0.257.